The first kappa shape index (κ1) is 12.4. The van der Waals surface area contributed by atoms with Gasteiger partial charge in [-0.1, -0.05) is 0 Å². The highest BCUT2D eigenvalue weighted by molar-refractivity contribution is 9.10. The van der Waals surface area contributed by atoms with Crippen LogP contribution in [-0.2, 0) is 4.74 Å². The van der Waals surface area contributed by atoms with E-state index in [1.807, 2.05) is 6.07 Å². The minimum atomic E-state index is -0.910. The lowest BCUT2D eigenvalue weighted by Gasteiger charge is -2.35. The summed E-state index contributed by atoms with van der Waals surface area (Å²) in [5.74, 6) is -0.910. The van der Waals surface area contributed by atoms with Gasteiger partial charge >= 0.3 is 5.97 Å². The van der Waals surface area contributed by atoms with Crippen LogP contribution in [0.1, 0.15) is 17.3 Å². The topological polar surface area (TPSA) is 49.8 Å². The van der Waals surface area contributed by atoms with Crippen LogP contribution in [0.15, 0.2) is 22.7 Å². The zero-order chi connectivity index (χ0) is 12.4. The van der Waals surface area contributed by atoms with E-state index in [0.29, 0.717) is 24.8 Å². The van der Waals surface area contributed by atoms with Crippen LogP contribution in [0.25, 0.3) is 0 Å². The van der Waals surface area contributed by atoms with E-state index >= 15 is 0 Å². The Morgan fingerprint density at radius 2 is 2.35 bits per heavy atom. The van der Waals surface area contributed by atoms with Crippen molar-refractivity contribution in [3.05, 3.63) is 28.2 Å². The number of morpholine rings is 1. The summed E-state index contributed by atoms with van der Waals surface area (Å²) in [6.45, 7) is 4.33. The summed E-state index contributed by atoms with van der Waals surface area (Å²) in [5, 5.41) is 8.91. The van der Waals surface area contributed by atoms with Crippen molar-refractivity contribution >= 4 is 27.6 Å². The Kier molecular flexibility index (Phi) is 3.69. The van der Waals surface area contributed by atoms with Crippen molar-refractivity contribution in [1.82, 2.24) is 0 Å². The maximum Gasteiger partial charge on any atom is 0.335 e. The fraction of sp³-hybridized carbons (Fsp3) is 0.417. The van der Waals surface area contributed by atoms with Gasteiger partial charge in [0.25, 0.3) is 0 Å². The van der Waals surface area contributed by atoms with Crippen molar-refractivity contribution in [2.45, 2.75) is 13.0 Å². The Bertz CT molecular complexity index is 436. The van der Waals surface area contributed by atoms with Crippen molar-refractivity contribution < 1.29 is 14.6 Å². The second kappa shape index (κ2) is 5.06. The Hall–Kier alpha value is -1.07. The first-order valence-electron chi connectivity index (χ1n) is 5.47. The monoisotopic (exact) mass is 299 g/mol. The van der Waals surface area contributed by atoms with Crippen LogP contribution in [0.2, 0.25) is 0 Å². The first-order chi connectivity index (χ1) is 8.09. The Balaban J connectivity index is 2.29. The van der Waals surface area contributed by atoms with Crippen molar-refractivity contribution in [3.8, 4) is 0 Å². The molecule has 1 atom stereocenters. The van der Waals surface area contributed by atoms with Crippen molar-refractivity contribution in [2.24, 2.45) is 0 Å². The fourth-order valence-electron chi connectivity index (χ4n) is 1.96. The summed E-state index contributed by atoms with van der Waals surface area (Å²) in [5.41, 5.74) is 1.31. The van der Waals surface area contributed by atoms with Gasteiger partial charge in [-0.05, 0) is 41.1 Å². The highest BCUT2D eigenvalue weighted by Crippen LogP contribution is 2.29. The van der Waals surface area contributed by atoms with Gasteiger partial charge in [0.2, 0.25) is 0 Å². The number of aromatic carboxylic acids is 1. The average molecular weight is 300 g/mol. The molecule has 1 fully saturated rings. The van der Waals surface area contributed by atoms with Crippen molar-refractivity contribution in [1.29, 1.82) is 0 Å². The van der Waals surface area contributed by atoms with Crippen molar-refractivity contribution in [2.75, 3.05) is 24.7 Å². The van der Waals surface area contributed by atoms with Crippen LogP contribution in [0.4, 0.5) is 5.69 Å². The SMILES string of the molecule is CC1COCCN1c1ccc(C(=O)O)cc1Br. The fourth-order valence-corrected chi connectivity index (χ4v) is 2.56. The largest absolute Gasteiger partial charge is 0.478 e. The molecule has 1 aliphatic rings. The zero-order valence-corrected chi connectivity index (χ0v) is 11.1. The molecule has 0 spiro atoms. The predicted molar refractivity (Wildman–Crippen MR) is 68.7 cm³/mol. The number of hydrogen-bond donors (Lipinski definition) is 1. The molecule has 1 N–H and O–H groups in total. The molecule has 0 bridgehead atoms. The minimum absolute atomic E-state index is 0.293. The number of anilines is 1. The first-order valence-corrected chi connectivity index (χ1v) is 6.26. The molecule has 92 valence electrons. The molecule has 0 saturated carbocycles. The lowest BCUT2D eigenvalue weighted by atomic mass is 10.1. The second-order valence-corrected chi connectivity index (χ2v) is 4.94. The van der Waals surface area contributed by atoms with E-state index in [0.717, 1.165) is 16.7 Å². The maximum absolute atomic E-state index is 10.9. The molecule has 1 heterocycles. The third-order valence-corrected chi connectivity index (χ3v) is 3.51. The molecule has 17 heavy (non-hydrogen) atoms. The molecule has 2 rings (SSSR count). The number of carbonyl (C=O) groups is 1. The van der Waals surface area contributed by atoms with E-state index in [-0.39, 0.29) is 0 Å². The van der Waals surface area contributed by atoms with Gasteiger partial charge in [-0.3, -0.25) is 0 Å². The smallest absolute Gasteiger partial charge is 0.335 e. The molecule has 0 aromatic heterocycles. The number of nitrogens with zero attached hydrogens (tertiary/aromatic N) is 1. The van der Waals surface area contributed by atoms with Crippen LogP contribution in [0, 0.1) is 0 Å². The van der Waals surface area contributed by atoms with Crippen LogP contribution in [0.3, 0.4) is 0 Å². The van der Waals surface area contributed by atoms with E-state index < -0.39 is 5.97 Å². The van der Waals surface area contributed by atoms with Crippen LogP contribution in [-0.4, -0.2) is 36.9 Å². The van der Waals surface area contributed by atoms with Gasteiger partial charge in [-0.2, -0.15) is 0 Å². The molecule has 1 aliphatic heterocycles. The van der Waals surface area contributed by atoms with E-state index in [4.69, 9.17) is 9.84 Å². The van der Waals surface area contributed by atoms with Gasteiger partial charge in [-0.15, -0.1) is 0 Å². The molecule has 0 amide bonds. The third-order valence-electron chi connectivity index (χ3n) is 2.87. The molecule has 4 nitrogen and oxygen atoms in total. The molecule has 1 unspecified atom stereocenters. The van der Waals surface area contributed by atoms with Gasteiger partial charge in [0.05, 0.1) is 24.5 Å². The molecule has 0 radical (unpaired) electrons. The minimum Gasteiger partial charge on any atom is -0.478 e. The van der Waals surface area contributed by atoms with Crippen molar-refractivity contribution in [3.63, 3.8) is 0 Å². The molecular formula is C12H14BrNO3. The second-order valence-electron chi connectivity index (χ2n) is 4.09. The Morgan fingerprint density at radius 1 is 1.59 bits per heavy atom. The van der Waals surface area contributed by atoms with E-state index in [1.165, 1.54) is 0 Å². The number of rotatable bonds is 2. The lowest BCUT2D eigenvalue weighted by molar-refractivity contribution is 0.0696. The summed E-state index contributed by atoms with van der Waals surface area (Å²) in [4.78, 5) is 13.1. The number of hydrogen-bond acceptors (Lipinski definition) is 3. The summed E-state index contributed by atoms with van der Waals surface area (Å²) in [6.07, 6.45) is 0. The van der Waals surface area contributed by atoms with Gasteiger partial charge < -0.3 is 14.7 Å². The third kappa shape index (κ3) is 2.61. The highest BCUT2D eigenvalue weighted by Gasteiger charge is 2.21. The van der Waals surface area contributed by atoms with Gasteiger partial charge in [0.1, 0.15) is 0 Å². The number of benzene rings is 1. The van der Waals surface area contributed by atoms with Gasteiger partial charge in [-0.25, -0.2) is 4.79 Å². The highest BCUT2D eigenvalue weighted by atomic mass is 79.9. The van der Waals surface area contributed by atoms with Crippen LogP contribution < -0.4 is 4.90 Å². The summed E-state index contributed by atoms with van der Waals surface area (Å²) < 4.78 is 6.20. The van der Waals surface area contributed by atoms with Crippen LogP contribution >= 0.6 is 15.9 Å². The average Bonchev–Trinajstić information content (AvgIpc) is 2.30. The van der Waals surface area contributed by atoms with Gasteiger partial charge in [0, 0.05) is 17.1 Å². The lowest BCUT2D eigenvalue weighted by Crippen LogP contribution is -2.43. The molecular weight excluding hydrogens is 286 g/mol. The number of carboxylic acids is 1. The standard InChI is InChI=1S/C12H14BrNO3/c1-8-7-17-5-4-14(8)11-3-2-9(12(15)16)6-10(11)13/h2-3,6,8H,4-5,7H2,1H3,(H,15,16). The van der Waals surface area contributed by atoms with E-state index in [2.05, 4.69) is 27.8 Å². The number of ether oxygens (including phenoxy) is 1. The molecule has 5 heteroatoms. The maximum atomic E-state index is 10.9. The Labute approximate surface area is 108 Å². The van der Waals surface area contributed by atoms with Crippen LogP contribution in [0.5, 0.6) is 0 Å². The summed E-state index contributed by atoms with van der Waals surface area (Å²) >= 11 is 3.43. The Morgan fingerprint density at radius 3 is 2.94 bits per heavy atom. The summed E-state index contributed by atoms with van der Waals surface area (Å²) in [7, 11) is 0. The van der Waals surface area contributed by atoms with E-state index in [9.17, 15) is 4.79 Å². The predicted octanol–water partition coefficient (Wildman–Crippen LogP) is 2.37. The number of halogens is 1. The quantitative estimate of drug-likeness (QED) is 0.911. The molecule has 1 saturated heterocycles. The van der Waals surface area contributed by atoms with Gasteiger partial charge in [0.15, 0.2) is 0 Å². The zero-order valence-electron chi connectivity index (χ0n) is 9.52. The molecule has 0 aliphatic carbocycles. The molecule has 1 aromatic carbocycles. The number of carboxylic acid groups (broad SMARTS) is 1. The molecule has 1 aromatic rings. The summed E-state index contributed by atoms with van der Waals surface area (Å²) in [6, 6.07) is 5.41. The normalized spacial score (nSPS) is 20.4. The van der Waals surface area contributed by atoms with E-state index in [1.54, 1.807) is 12.1 Å².